The van der Waals surface area contributed by atoms with Crippen molar-refractivity contribution in [3.63, 3.8) is 0 Å². The predicted octanol–water partition coefficient (Wildman–Crippen LogP) is 3.56. The minimum Gasteiger partial charge on any atom is -0.321 e. The zero-order valence-corrected chi connectivity index (χ0v) is 13.8. The van der Waals surface area contributed by atoms with E-state index in [9.17, 15) is 14.9 Å². The number of nitro groups is 1. The second kappa shape index (κ2) is 6.56. The van der Waals surface area contributed by atoms with Gasteiger partial charge in [-0.3, -0.25) is 19.6 Å². The topological polar surface area (TPSA) is 90.1 Å². The molecule has 3 aromatic rings. The number of anilines is 1. The number of nitrogens with one attached hydrogen (secondary N) is 1. The quantitative estimate of drug-likeness (QED) is 0.582. The summed E-state index contributed by atoms with van der Waals surface area (Å²) in [6.07, 6.45) is 0. The van der Waals surface area contributed by atoms with Gasteiger partial charge in [-0.05, 0) is 37.3 Å². The van der Waals surface area contributed by atoms with Gasteiger partial charge in [0.25, 0.3) is 11.6 Å². The molecule has 0 radical (unpaired) electrons. The first kappa shape index (κ1) is 16.4. The molecule has 0 saturated heterocycles. The Labute approximate surface area is 144 Å². The van der Waals surface area contributed by atoms with Crippen molar-refractivity contribution in [2.24, 2.45) is 7.05 Å². The Kier molecular flexibility index (Phi) is 4.30. The molecule has 0 aliphatic heterocycles. The van der Waals surface area contributed by atoms with Gasteiger partial charge in [-0.15, -0.1) is 0 Å². The zero-order valence-electron chi connectivity index (χ0n) is 13.8. The lowest BCUT2D eigenvalue weighted by Crippen LogP contribution is -2.15. The number of aryl methyl sites for hydroxylation is 2. The van der Waals surface area contributed by atoms with E-state index in [-0.39, 0.29) is 11.6 Å². The first-order chi connectivity index (χ1) is 11.9. The van der Waals surface area contributed by atoms with Crippen molar-refractivity contribution in [2.45, 2.75) is 6.92 Å². The van der Waals surface area contributed by atoms with E-state index in [4.69, 9.17) is 0 Å². The molecule has 1 heterocycles. The molecule has 0 bridgehead atoms. The standard InChI is InChI=1S/C18H16N4O3/c1-12-3-7-14(8-4-12)19-18(23)17-11-16(20-21(17)2)13-5-9-15(10-6-13)22(24)25/h3-11H,1-2H3,(H,19,23). The Bertz CT molecular complexity index is 928. The van der Waals surface area contributed by atoms with E-state index in [0.29, 0.717) is 22.6 Å². The van der Waals surface area contributed by atoms with E-state index < -0.39 is 4.92 Å². The van der Waals surface area contributed by atoms with Crippen LogP contribution in [0.5, 0.6) is 0 Å². The molecule has 0 atom stereocenters. The van der Waals surface area contributed by atoms with Gasteiger partial charge in [0.15, 0.2) is 0 Å². The van der Waals surface area contributed by atoms with E-state index in [1.807, 2.05) is 31.2 Å². The molecular formula is C18H16N4O3. The van der Waals surface area contributed by atoms with Crippen LogP contribution in [0.4, 0.5) is 11.4 Å². The molecule has 2 aromatic carbocycles. The summed E-state index contributed by atoms with van der Waals surface area (Å²) in [6, 6.07) is 15.2. The van der Waals surface area contributed by atoms with Gasteiger partial charge >= 0.3 is 0 Å². The molecule has 7 heteroatoms. The molecule has 0 fully saturated rings. The third-order valence-corrected chi connectivity index (χ3v) is 3.80. The molecule has 126 valence electrons. The van der Waals surface area contributed by atoms with Crippen molar-refractivity contribution < 1.29 is 9.72 Å². The molecule has 0 saturated carbocycles. The summed E-state index contributed by atoms with van der Waals surface area (Å²) >= 11 is 0. The fourth-order valence-corrected chi connectivity index (χ4v) is 2.41. The van der Waals surface area contributed by atoms with Gasteiger partial charge in [-0.25, -0.2) is 0 Å². The van der Waals surface area contributed by atoms with Crippen LogP contribution in [-0.4, -0.2) is 20.6 Å². The number of amides is 1. The number of carbonyl (C=O) groups is 1. The summed E-state index contributed by atoms with van der Waals surface area (Å²) in [7, 11) is 1.68. The van der Waals surface area contributed by atoms with E-state index >= 15 is 0 Å². The van der Waals surface area contributed by atoms with Crippen LogP contribution in [-0.2, 0) is 7.05 Å². The number of nitrogens with zero attached hydrogens (tertiary/aromatic N) is 3. The van der Waals surface area contributed by atoms with Gasteiger partial charge in [0, 0.05) is 30.4 Å². The minimum atomic E-state index is -0.456. The Balaban J connectivity index is 1.82. The van der Waals surface area contributed by atoms with Crippen molar-refractivity contribution in [3.8, 4) is 11.3 Å². The number of rotatable bonds is 4. The Morgan fingerprint density at radius 1 is 1.12 bits per heavy atom. The first-order valence-electron chi connectivity index (χ1n) is 7.61. The van der Waals surface area contributed by atoms with Crippen LogP contribution in [0.15, 0.2) is 54.6 Å². The van der Waals surface area contributed by atoms with Gasteiger partial charge in [-0.1, -0.05) is 17.7 Å². The highest BCUT2D eigenvalue weighted by atomic mass is 16.6. The number of hydrogen-bond acceptors (Lipinski definition) is 4. The highest BCUT2D eigenvalue weighted by Gasteiger charge is 2.15. The Morgan fingerprint density at radius 3 is 2.36 bits per heavy atom. The summed E-state index contributed by atoms with van der Waals surface area (Å²) in [5.74, 6) is -0.271. The smallest absolute Gasteiger partial charge is 0.273 e. The molecule has 1 aromatic heterocycles. The van der Waals surface area contributed by atoms with Gasteiger partial charge in [0.05, 0.1) is 10.6 Å². The SMILES string of the molecule is Cc1ccc(NC(=O)c2cc(-c3ccc([N+](=O)[O-])cc3)nn2C)cc1. The molecule has 1 amide bonds. The monoisotopic (exact) mass is 336 g/mol. The Morgan fingerprint density at radius 2 is 1.76 bits per heavy atom. The number of nitro benzene ring substituents is 1. The third-order valence-electron chi connectivity index (χ3n) is 3.80. The lowest BCUT2D eigenvalue weighted by atomic mass is 10.1. The van der Waals surface area contributed by atoms with Crippen LogP contribution >= 0.6 is 0 Å². The maximum Gasteiger partial charge on any atom is 0.273 e. The fourth-order valence-electron chi connectivity index (χ4n) is 2.41. The number of aromatic nitrogens is 2. The molecule has 7 nitrogen and oxygen atoms in total. The second-order valence-electron chi connectivity index (χ2n) is 5.66. The maximum absolute atomic E-state index is 12.4. The lowest BCUT2D eigenvalue weighted by molar-refractivity contribution is -0.384. The zero-order chi connectivity index (χ0) is 18.0. The van der Waals surface area contributed by atoms with Crippen LogP contribution < -0.4 is 5.32 Å². The largest absolute Gasteiger partial charge is 0.321 e. The van der Waals surface area contributed by atoms with Crippen molar-refractivity contribution in [2.75, 3.05) is 5.32 Å². The lowest BCUT2D eigenvalue weighted by Gasteiger charge is -2.05. The number of benzene rings is 2. The van der Waals surface area contributed by atoms with E-state index in [1.54, 1.807) is 25.2 Å². The highest BCUT2D eigenvalue weighted by Crippen LogP contribution is 2.22. The summed E-state index contributed by atoms with van der Waals surface area (Å²) in [6.45, 7) is 1.98. The highest BCUT2D eigenvalue weighted by molar-refractivity contribution is 6.03. The van der Waals surface area contributed by atoms with Gasteiger partial charge in [0.1, 0.15) is 5.69 Å². The van der Waals surface area contributed by atoms with Gasteiger partial charge in [-0.2, -0.15) is 5.10 Å². The van der Waals surface area contributed by atoms with Gasteiger partial charge in [0.2, 0.25) is 0 Å². The summed E-state index contributed by atoms with van der Waals surface area (Å²) in [5, 5.41) is 17.9. The van der Waals surface area contributed by atoms with E-state index in [0.717, 1.165) is 5.56 Å². The second-order valence-corrected chi connectivity index (χ2v) is 5.66. The number of hydrogen-bond donors (Lipinski definition) is 1. The van der Waals surface area contributed by atoms with Crippen LogP contribution in [0.25, 0.3) is 11.3 Å². The molecule has 1 N–H and O–H groups in total. The van der Waals surface area contributed by atoms with Crippen molar-refractivity contribution in [1.29, 1.82) is 0 Å². The summed E-state index contributed by atoms with van der Waals surface area (Å²) < 4.78 is 1.49. The average Bonchev–Trinajstić information content (AvgIpc) is 2.99. The van der Waals surface area contributed by atoms with Crippen LogP contribution in [0.3, 0.4) is 0 Å². The predicted molar refractivity (Wildman–Crippen MR) is 94.4 cm³/mol. The van der Waals surface area contributed by atoms with Crippen molar-refractivity contribution in [3.05, 3.63) is 76.0 Å². The Hall–Kier alpha value is -3.48. The minimum absolute atomic E-state index is 0.0111. The fraction of sp³-hybridized carbons (Fsp3) is 0.111. The molecule has 0 spiro atoms. The summed E-state index contributed by atoms with van der Waals surface area (Å²) in [4.78, 5) is 22.7. The molecule has 25 heavy (non-hydrogen) atoms. The van der Waals surface area contributed by atoms with E-state index in [2.05, 4.69) is 10.4 Å². The normalized spacial score (nSPS) is 10.5. The molecule has 0 aliphatic rings. The van der Waals surface area contributed by atoms with Crippen LogP contribution in [0.2, 0.25) is 0 Å². The van der Waals surface area contributed by atoms with E-state index in [1.165, 1.54) is 16.8 Å². The molecular weight excluding hydrogens is 320 g/mol. The first-order valence-corrected chi connectivity index (χ1v) is 7.61. The van der Waals surface area contributed by atoms with Crippen LogP contribution in [0.1, 0.15) is 16.1 Å². The third kappa shape index (κ3) is 3.55. The number of carbonyl (C=O) groups excluding carboxylic acids is 1. The molecule has 3 rings (SSSR count). The number of non-ortho nitro benzene ring substituents is 1. The van der Waals surface area contributed by atoms with Crippen molar-refractivity contribution >= 4 is 17.3 Å². The van der Waals surface area contributed by atoms with Crippen LogP contribution in [0, 0.1) is 17.0 Å². The molecule has 0 aliphatic carbocycles. The average molecular weight is 336 g/mol. The maximum atomic E-state index is 12.4. The van der Waals surface area contributed by atoms with Crippen molar-refractivity contribution in [1.82, 2.24) is 9.78 Å². The molecule has 0 unspecified atom stereocenters. The van der Waals surface area contributed by atoms with Gasteiger partial charge < -0.3 is 5.32 Å². The summed E-state index contributed by atoms with van der Waals surface area (Å²) in [5.41, 5.74) is 3.50.